The van der Waals surface area contributed by atoms with Gasteiger partial charge in [0.1, 0.15) is 10.8 Å². The van der Waals surface area contributed by atoms with Crippen LogP contribution in [0.4, 0.5) is 5.13 Å². The minimum Gasteiger partial charge on any atom is -0.484 e. The molecule has 2 aromatic carbocycles. The topological polar surface area (TPSA) is 64.1 Å². The second kappa shape index (κ2) is 7.83. The molecule has 1 aromatic heterocycles. The molecule has 3 aromatic rings. The normalized spacial score (nSPS) is 15.1. The molecule has 1 saturated carbocycles. The van der Waals surface area contributed by atoms with E-state index >= 15 is 0 Å². The molecule has 0 atom stereocenters. The van der Waals surface area contributed by atoms with Gasteiger partial charge in [-0.3, -0.25) is 10.1 Å². The molecule has 0 radical (unpaired) electrons. The molecule has 0 unspecified atom stereocenters. The Hall–Kier alpha value is -2.47. The number of benzene rings is 2. The van der Waals surface area contributed by atoms with E-state index in [0.717, 1.165) is 15.8 Å². The molecule has 1 amide bonds. The maximum atomic E-state index is 12.1. The Bertz CT molecular complexity index is 903. The van der Waals surface area contributed by atoms with Gasteiger partial charge in [0.25, 0.3) is 5.91 Å². The molecule has 4 rings (SSSR count). The van der Waals surface area contributed by atoms with Crippen molar-refractivity contribution in [2.45, 2.75) is 38.0 Å². The van der Waals surface area contributed by atoms with Crippen LogP contribution in [0.1, 0.15) is 43.0 Å². The Kier molecular flexibility index (Phi) is 5.11. The number of hydrogen-bond acceptors (Lipinski definition) is 5. The average molecular weight is 367 g/mol. The lowest BCUT2D eigenvalue weighted by Gasteiger charge is -2.18. The number of ether oxygens (including phenoxy) is 1. The number of hydrogen-bond donors (Lipinski definition) is 1. The first kappa shape index (κ1) is 17.0. The highest BCUT2D eigenvalue weighted by Crippen LogP contribution is 2.35. The van der Waals surface area contributed by atoms with Crippen LogP contribution in [0, 0.1) is 0 Å². The van der Waals surface area contributed by atoms with E-state index in [1.54, 1.807) is 0 Å². The van der Waals surface area contributed by atoms with Gasteiger partial charge in [0.05, 0.1) is 0 Å². The lowest BCUT2D eigenvalue weighted by Crippen LogP contribution is -2.20. The van der Waals surface area contributed by atoms with Crippen molar-refractivity contribution in [3.8, 4) is 5.75 Å². The lowest BCUT2D eigenvalue weighted by atomic mass is 9.90. The summed E-state index contributed by atoms with van der Waals surface area (Å²) in [6.45, 7) is -0.0450. The third-order valence-corrected chi connectivity index (χ3v) is 5.73. The van der Waals surface area contributed by atoms with Crippen LogP contribution in [0.5, 0.6) is 5.75 Å². The zero-order chi connectivity index (χ0) is 17.8. The van der Waals surface area contributed by atoms with E-state index in [4.69, 9.17) is 4.74 Å². The quantitative estimate of drug-likeness (QED) is 0.706. The number of carbonyl (C=O) groups is 1. The lowest BCUT2D eigenvalue weighted by molar-refractivity contribution is -0.118. The summed E-state index contributed by atoms with van der Waals surface area (Å²) in [7, 11) is 0. The Morgan fingerprint density at radius 1 is 1.08 bits per heavy atom. The van der Waals surface area contributed by atoms with Crippen molar-refractivity contribution in [3.05, 3.63) is 47.5 Å². The first-order valence-corrected chi connectivity index (χ1v) is 9.84. The van der Waals surface area contributed by atoms with Gasteiger partial charge in [0, 0.05) is 5.92 Å². The maximum absolute atomic E-state index is 12.1. The van der Waals surface area contributed by atoms with Gasteiger partial charge in [-0.15, -0.1) is 10.2 Å². The Morgan fingerprint density at radius 3 is 2.73 bits per heavy atom. The van der Waals surface area contributed by atoms with Crippen LogP contribution in [-0.2, 0) is 4.79 Å². The van der Waals surface area contributed by atoms with Gasteiger partial charge in [-0.05, 0) is 35.7 Å². The van der Waals surface area contributed by atoms with Crippen molar-refractivity contribution in [1.29, 1.82) is 0 Å². The number of fused-ring (bicyclic) bond motifs is 1. The maximum Gasteiger partial charge on any atom is 0.264 e. The third-order valence-electron chi connectivity index (χ3n) is 4.73. The SMILES string of the molecule is O=C(COc1ccc2ccccc2c1)Nc1nnc(C2CCCCC2)s1. The second-order valence-corrected chi connectivity index (χ2v) is 7.64. The van der Waals surface area contributed by atoms with Crippen molar-refractivity contribution >= 4 is 33.1 Å². The number of aromatic nitrogens is 2. The monoisotopic (exact) mass is 367 g/mol. The molecule has 1 fully saturated rings. The fraction of sp³-hybridized carbons (Fsp3) is 0.350. The molecular weight excluding hydrogens is 346 g/mol. The Labute approximate surface area is 156 Å². The predicted molar refractivity (Wildman–Crippen MR) is 104 cm³/mol. The fourth-order valence-corrected chi connectivity index (χ4v) is 4.29. The number of anilines is 1. The fourth-order valence-electron chi connectivity index (χ4n) is 3.36. The van der Waals surface area contributed by atoms with Crippen LogP contribution in [0.15, 0.2) is 42.5 Å². The zero-order valence-corrected chi connectivity index (χ0v) is 15.3. The van der Waals surface area contributed by atoms with E-state index in [1.807, 2.05) is 42.5 Å². The van der Waals surface area contributed by atoms with Crippen LogP contribution in [0.3, 0.4) is 0 Å². The summed E-state index contributed by atoms with van der Waals surface area (Å²) in [6.07, 6.45) is 6.17. The molecule has 5 nitrogen and oxygen atoms in total. The number of carbonyl (C=O) groups excluding carboxylic acids is 1. The molecule has 6 heteroatoms. The Morgan fingerprint density at radius 2 is 1.88 bits per heavy atom. The van der Waals surface area contributed by atoms with Crippen molar-refractivity contribution in [2.24, 2.45) is 0 Å². The summed E-state index contributed by atoms with van der Waals surface area (Å²) in [5.41, 5.74) is 0. The van der Waals surface area contributed by atoms with Gasteiger partial charge in [0.15, 0.2) is 6.61 Å². The van der Waals surface area contributed by atoms with E-state index in [0.29, 0.717) is 16.8 Å². The van der Waals surface area contributed by atoms with E-state index in [9.17, 15) is 4.79 Å². The first-order valence-electron chi connectivity index (χ1n) is 9.03. The number of amides is 1. The van der Waals surface area contributed by atoms with Crippen LogP contribution in [0.2, 0.25) is 0 Å². The highest BCUT2D eigenvalue weighted by Gasteiger charge is 2.20. The summed E-state index contributed by atoms with van der Waals surface area (Å²) >= 11 is 1.48. The van der Waals surface area contributed by atoms with Crippen molar-refractivity contribution < 1.29 is 9.53 Å². The van der Waals surface area contributed by atoms with Crippen LogP contribution < -0.4 is 10.1 Å². The summed E-state index contributed by atoms with van der Waals surface area (Å²) in [5, 5.41) is 15.0. The van der Waals surface area contributed by atoms with E-state index in [2.05, 4.69) is 15.5 Å². The largest absolute Gasteiger partial charge is 0.484 e. The van der Waals surface area contributed by atoms with Gasteiger partial charge in [-0.1, -0.05) is 60.9 Å². The first-order chi connectivity index (χ1) is 12.8. The number of nitrogens with one attached hydrogen (secondary N) is 1. The number of rotatable bonds is 5. The van der Waals surface area contributed by atoms with Crippen molar-refractivity contribution in [1.82, 2.24) is 10.2 Å². The van der Waals surface area contributed by atoms with Gasteiger partial charge in [0.2, 0.25) is 5.13 Å². The van der Waals surface area contributed by atoms with Gasteiger partial charge in [-0.2, -0.15) is 0 Å². The average Bonchev–Trinajstić information content (AvgIpc) is 3.15. The molecule has 1 aliphatic carbocycles. The number of nitrogens with zero attached hydrogens (tertiary/aromatic N) is 2. The minimum absolute atomic E-state index is 0.0450. The highest BCUT2D eigenvalue weighted by molar-refractivity contribution is 7.15. The summed E-state index contributed by atoms with van der Waals surface area (Å²) < 4.78 is 5.62. The van der Waals surface area contributed by atoms with Crippen LogP contribution in [-0.4, -0.2) is 22.7 Å². The molecule has 1 aliphatic rings. The molecule has 0 bridgehead atoms. The van der Waals surface area contributed by atoms with E-state index in [1.165, 1.54) is 43.4 Å². The van der Waals surface area contributed by atoms with Gasteiger partial charge >= 0.3 is 0 Å². The molecule has 0 spiro atoms. The smallest absolute Gasteiger partial charge is 0.264 e. The standard InChI is InChI=1S/C20H21N3O2S/c24-18(13-25-17-11-10-14-6-4-5-9-16(14)12-17)21-20-23-22-19(26-20)15-7-2-1-3-8-15/h4-6,9-12,15H,1-3,7-8,13H2,(H,21,23,24). The highest BCUT2D eigenvalue weighted by atomic mass is 32.1. The molecule has 134 valence electrons. The summed E-state index contributed by atoms with van der Waals surface area (Å²) in [5.74, 6) is 0.962. The van der Waals surface area contributed by atoms with Gasteiger partial charge in [-0.25, -0.2) is 0 Å². The minimum atomic E-state index is -0.218. The summed E-state index contributed by atoms with van der Waals surface area (Å²) in [6, 6.07) is 13.9. The molecule has 0 aliphatic heterocycles. The molecular formula is C20H21N3O2S. The van der Waals surface area contributed by atoms with Crippen molar-refractivity contribution in [2.75, 3.05) is 11.9 Å². The molecule has 0 saturated heterocycles. The zero-order valence-electron chi connectivity index (χ0n) is 14.5. The van der Waals surface area contributed by atoms with Crippen molar-refractivity contribution in [3.63, 3.8) is 0 Å². The predicted octanol–water partition coefficient (Wildman–Crippen LogP) is 4.76. The van der Waals surface area contributed by atoms with Gasteiger partial charge < -0.3 is 4.74 Å². The molecule has 1 heterocycles. The Balaban J connectivity index is 1.32. The van der Waals surface area contributed by atoms with E-state index in [-0.39, 0.29) is 12.5 Å². The molecule has 26 heavy (non-hydrogen) atoms. The van der Waals surface area contributed by atoms with E-state index < -0.39 is 0 Å². The molecule has 1 N–H and O–H groups in total. The second-order valence-electron chi connectivity index (χ2n) is 6.63. The van der Waals surface area contributed by atoms with Crippen LogP contribution >= 0.6 is 11.3 Å². The third kappa shape index (κ3) is 4.02. The van der Waals surface area contributed by atoms with Crippen LogP contribution in [0.25, 0.3) is 10.8 Å². The summed E-state index contributed by atoms with van der Waals surface area (Å²) in [4.78, 5) is 12.1.